The second-order valence-corrected chi connectivity index (χ2v) is 3.60. The molecule has 1 aromatic heterocycles. The van der Waals surface area contributed by atoms with E-state index in [1.54, 1.807) is 0 Å². The Balaban J connectivity index is 1.76. The minimum atomic E-state index is 0.558. The summed E-state index contributed by atoms with van der Waals surface area (Å²) in [5.41, 5.74) is 0. The Kier molecular flexibility index (Phi) is 3.10. The monoisotopic (exact) mass is 196 g/mol. The van der Waals surface area contributed by atoms with Crippen molar-refractivity contribution in [2.45, 2.75) is 32.4 Å². The van der Waals surface area contributed by atoms with Crippen molar-refractivity contribution in [3.05, 3.63) is 11.6 Å². The number of H-pyrrole nitrogens is 1. The lowest BCUT2D eigenvalue weighted by Crippen LogP contribution is -2.34. The van der Waals surface area contributed by atoms with Crippen LogP contribution in [0.1, 0.15) is 24.5 Å². The minimum absolute atomic E-state index is 0.558. The first kappa shape index (κ1) is 9.61. The van der Waals surface area contributed by atoms with Crippen LogP contribution >= 0.6 is 0 Å². The van der Waals surface area contributed by atoms with E-state index in [0.717, 1.165) is 44.2 Å². The molecule has 1 saturated heterocycles. The predicted molar refractivity (Wildman–Crippen MR) is 51.8 cm³/mol. The van der Waals surface area contributed by atoms with Gasteiger partial charge in [0.2, 0.25) is 0 Å². The Morgan fingerprint density at radius 3 is 2.93 bits per heavy atom. The van der Waals surface area contributed by atoms with Crippen LogP contribution in [0.3, 0.4) is 0 Å². The van der Waals surface area contributed by atoms with Crippen molar-refractivity contribution in [3.63, 3.8) is 0 Å². The third-order valence-corrected chi connectivity index (χ3v) is 2.41. The number of ether oxygens (including phenoxy) is 1. The standard InChI is InChI=1S/C9H16N4O/c1-7-11-9(13-12-7)6-10-8-2-4-14-5-3-8/h8,10H,2-6H2,1H3,(H,11,12,13). The number of nitrogens with one attached hydrogen (secondary N) is 2. The van der Waals surface area contributed by atoms with Gasteiger partial charge >= 0.3 is 0 Å². The van der Waals surface area contributed by atoms with Crippen LogP contribution in [0.15, 0.2) is 0 Å². The molecule has 0 amide bonds. The van der Waals surface area contributed by atoms with Gasteiger partial charge in [-0.3, -0.25) is 5.10 Å². The van der Waals surface area contributed by atoms with Crippen LogP contribution in [0.4, 0.5) is 0 Å². The first-order valence-corrected chi connectivity index (χ1v) is 5.03. The van der Waals surface area contributed by atoms with Gasteiger partial charge in [-0.2, -0.15) is 5.10 Å². The second-order valence-electron chi connectivity index (χ2n) is 3.60. The molecule has 2 N–H and O–H groups in total. The van der Waals surface area contributed by atoms with E-state index in [-0.39, 0.29) is 0 Å². The van der Waals surface area contributed by atoms with Crippen LogP contribution in [0.2, 0.25) is 0 Å². The lowest BCUT2D eigenvalue weighted by molar-refractivity contribution is 0.0774. The van der Waals surface area contributed by atoms with Crippen molar-refractivity contribution < 1.29 is 4.74 Å². The molecule has 78 valence electrons. The molecule has 5 nitrogen and oxygen atoms in total. The van der Waals surface area contributed by atoms with Crippen molar-refractivity contribution >= 4 is 0 Å². The molecular weight excluding hydrogens is 180 g/mol. The van der Waals surface area contributed by atoms with Crippen LogP contribution in [0.25, 0.3) is 0 Å². The van der Waals surface area contributed by atoms with Gasteiger partial charge in [-0.15, -0.1) is 0 Å². The Labute approximate surface area is 83.3 Å². The molecule has 0 aromatic carbocycles. The van der Waals surface area contributed by atoms with Gasteiger partial charge in [0.05, 0.1) is 6.54 Å². The van der Waals surface area contributed by atoms with Gasteiger partial charge in [-0.1, -0.05) is 0 Å². The molecule has 1 fully saturated rings. The molecule has 2 rings (SSSR count). The highest BCUT2D eigenvalue weighted by Crippen LogP contribution is 2.06. The molecule has 0 atom stereocenters. The molecule has 0 spiro atoms. The SMILES string of the molecule is Cc1nc(CNC2CCOCC2)n[nH]1. The summed E-state index contributed by atoms with van der Waals surface area (Å²) in [7, 11) is 0. The van der Waals surface area contributed by atoms with Crippen LogP contribution in [-0.2, 0) is 11.3 Å². The molecule has 1 aliphatic rings. The number of aryl methyl sites for hydroxylation is 1. The lowest BCUT2D eigenvalue weighted by atomic mass is 10.1. The smallest absolute Gasteiger partial charge is 0.164 e. The number of aromatic nitrogens is 3. The predicted octanol–water partition coefficient (Wildman–Crippen LogP) is 0.382. The number of nitrogens with zero attached hydrogens (tertiary/aromatic N) is 2. The summed E-state index contributed by atoms with van der Waals surface area (Å²) in [6, 6.07) is 0.558. The van der Waals surface area contributed by atoms with E-state index in [0.29, 0.717) is 6.04 Å². The molecule has 1 aliphatic heterocycles. The fraction of sp³-hybridized carbons (Fsp3) is 0.778. The molecular formula is C9H16N4O. The third-order valence-electron chi connectivity index (χ3n) is 2.41. The Morgan fingerprint density at radius 2 is 2.29 bits per heavy atom. The van der Waals surface area contributed by atoms with E-state index < -0.39 is 0 Å². The zero-order chi connectivity index (χ0) is 9.80. The quantitative estimate of drug-likeness (QED) is 0.733. The summed E-state index contributed by atoms with van der Waals surface area (Å²) < 4.78 is 5.28. The van der Waals surface area contributed by atoms with Crippen LogP contribution in [-0.4, -0.2) is 34.4 Å². The minimum Gasteiger partial charge on any atom is -0.381 e. The van der Waals surface area contributed by atoms with Gasteiger partial charge in [0.1, 0.15) is 5.82 Å². The van der Waals surface area contributed by atoms with E-state index in [4.69, 9.17) is 4.74 Å². The summed E-state index contributed by atoms with van der Waals surface area (Å²) in [6.45, 7) is 4.38. The van der Waals surface area contributed by atoms with Crippen LogP contribution in [0, 0.1) is 6.92 Å². The highest BCUT2D eigenvalue weighted by Gasteiger charge is 2.13. The van der Waals surface area contributed by atoms with Gasteiger partial charge in [-0.25, -0.2) is 4.98 Å². The molecule has 5 heteroatoms. The normalized spacial score (nSPS) is 18.6. The van der Waals surface area contributed by atoms with Gasteiger partial charge in [0.15, 0.2) is 5.82 Å². The Bertz CT molecular complexity index is 280. The molecule has 0 radical (unpaired) electrons. The number of rotatable bonds is 3. The summed E-state index contributed by atoms with van der Waals surface area (Å²) in [4.78, 5) is 4.23. The number of aromatic amines is 1. The van der Waals surface area contributed by atoms with E-state index in [1.165, 1.54) is 0 Å². The van der Waals surface area contributed by atoms with Gasteiger partial charge in [0, 0.05) is 19.3 Å². The lowest BCUT2D eigenvalue weighted by Gasteiger charge is -2.22. The fourth-order valence-electron chi connectivity index (χ4n) is 1.61. The molecule has 0 bridgehead atoms. The van der Waals surface area contributed by atoms with Crippen molar-refractivity contribution in [1.82, 2.24) is 20.5 Å². The van der Waals surface area contributed by atoms with Crippen molar-refractivity contribution in [3.8, 4) is 0 Å². The molecule has 14 heavy (non-hydrogen) atoms. The van der Waals surface area contributed by atoms with E-state index in [1.807, 2.05) is 6.92 Å². The topological polar surface area (TPSA) is 62.8 Å². The van der Waals surface area contributed by atoms with E-state index in [2.05, 4.69) is 20.5 Å². The Hall–Kier alpha value is -0.940. The first-order valence-electron chi connectivity index (χ1n) is 5.03. The number of hydrogen-bond donors (Lipinski definition) is 2. The van der Waals surface area contributed by atoms with Crippen molar-refractivity contribution in [2.24, 2.45) is 0 Å². The zero-order valence-corrected chi connectivity index (χ0v) is 8.42. The van der Waals surface area contributed by atoms with Crippen LogP contribution in [0.5, 0.6) is 0 Å². The highest BCUT2D eigenvalue weighted by atomic mass is 16.5. The average molecular weight is 196 g/mol. The van der Waals surface area contributed by atoms with Crippen molar-refractivity contribution in [2.75, 3.05) is 13.2 Å². The molecule has 0 saturated carbocycles. The maximum absolute atomic E-state index is 5.28. The first-order chi connectivity index (χ1) is 6.84. The summed E-state index contributed by atoms with van der Waals surface area (Å²) in [6.07, 6.45) is 2.17. The molecule has 0 aliphatic carbocycles. The molecule has 1 aromatic rings. The number of hydrogen-bond acceptors (Lipinski definition) is 4. The maximum atomic E-state index is 5.28. The van der Waals surface area contributed by atoms with Crippen LogP contribution < -0.4 is 5.32 Å². The third kappa shape index (κ3) is 2.52. The Morgan fingerprint density at radius 1 is 1.50 bits per heavy atom. The van der Waals surface area contributed by atoms with Gasteiger partial charge in [0.25, 0.3) is 0 Å². The second kappa shape index (κ2) is 4.52. The summed E-state index contributed by atoms with van der Waals surface area (Å²) in [5, 5.41) is 10.3. The van der Waals surface area contributed by atoms with Gasteiger partial charge < -0.3 is 10.1 Å². The maximum Gasteiger partial charge on any atom is 0.164 e. The van der Waals surface area contributed by atoms with E-state index >= 15 is 0 Å². The molecule has 2 heterocycles. The zero-order valence-electron chi connectivity index (χ0n) is 8.42. The van der Waals surface area contributed by atoms with Crippen molar-refractivity contribution in [1.29, 1.82) is 0 Å². The average Bonchev–Trinajstić information content (AvgIpc) is 2.63. The highest BCUT2D eigenvalue weighted by molar-refractivity contribution is 4.87. The molecule has 0 unspecified atom stereocenters. The summed E-state index contributed by atoms with van der Waals surface area (Å²) >= 11 is 0. The largest absolute Gasteiger partial charge is 0.381 e. The van der Waals surface area contributed by atoms with E-state index in [9.17, 15) is 0 Å². The fourth-order valence-corrected chi connectivity index (χ4v) is 1.61. The summed E-state index contributed by atoms with van der Waals surface area (Å²) in [5.74, 6) is 1.71. The van der Waals surface area contributed by atoms with Gasteiger partial charge in [-0.05, 0) is 19.8 Å².